The van der Waals surface area contributed by atoms with E-state index >= 15 is 0 Å². The zero-order chi connectivity index (χ0) is 11.7. The van der Waals surface area contributed by atoms with Crippen molar-refractivity contribution in [2.75, 3.05) is 10.4 Å². The second-order valence-corrected chi connectivity index (χ2v) is 8.05. The summed E-state index contributed by atoms with van der Waals surface area (Å²) in [5.74, 6) is 0.119. The van der Waals surface area contributed by atoms with Gasteiger partial charge in [-0.15, -0.1) is 0 Å². The summed E-state index contributed by atoms with van der Waals surface area (Å²) in [6.45, 7) is 2.17. The fraction of sp³-hybridized carbons (Fsp3) is 0.800. The third-order valence-corrected chi connectivity index (χ3v) is 5.83. The van der Waals surface area contributed by atoms with Crippen molar-refractivity contribution in [3.8, 4) is 0 Å². The molecule has 0 aliphatic carbocycles. The van der Waals surface area contributed by atoms with Crippen LogP contribution in [-0.2, 0) is 9.84 Å². The summed E-state index contributed by atoms with van der Waals surface area (Å²) in [6.07, 6.45) is 8.34. The first kappa shape index (κ1) is 15.7. The molecule has 15 heavy (non-hydrogen) atoms. The Balaban J connectivity index is 3.76. The minimum Gasteiger partial charge on any atom is -0.228 e. The summed E-state index contributed by atoms with van der Waals surface area (Å²) in [5.41, 5.74) is 0. The van der Waals surface area contributed by atoms with Crippen LogP contribution in [0.4, 0.5) is 0 Å². The van der Waals surface area contributed by atoms with Gasteiger partial charge < -0.3 is 0 Å². The Hall–Kier alpha value is 0.650. The Bertz CT molecular complexity index is 273. The highest BCUT2D eigenvalue weighted by molar-refractivity contribution is 9.10. The maximum Gasteiger partial charge on any atom is 0.163 e. The van der Waals surface area contributed by atoms with Gasteiger partial charge in [0.05, 0.1) is 5.75 Å². The number of allylic oxidation sites excluding steroid dienone is 1. The Morgan fingerprint density at radius 1 is 1.33 bits per heavy atom. The van der Waals surface area contributed by atoms with Crippen LogP contribution >= 0.6 is 31.9 Å². The zero-order valence-electron chi connectivity index (χ0n) is 8.96. The third-order valence-electron chi connectivity index (χ3n) is 1.94. The van der Waals surface area contributed by atoms with E-state index < -0.39 is 9.84 Å². The number of alkyl halides is 2. The minimum atomic E-state index is -2.93. The first-order chi connectivity index (χ1) is 7.02. The molecule has 0 rings (SSSR count). The minimum absolute atomic E-state index is 0.0348. The Labute approximate surface area is 110 Å². The van der Waals surface area contributed by atoms with E-state index in [-0.39, 0.29) is 10.4 Å². The van der Waals surface area contributed by atoms with Crippen molar-refractivity contribution in [3.63, 3.8) is 0 Å². The second kappa shape index (κ2) is 8.76. The zero-order valence-corrected chi connectivity index (χ0v) is 12.9. The molecule has 5 heteroatoms. The topological polar surface area (TPSA) is 34.1 Å². The van der Waals surface area contributed by atoms with Crippen molar-refractivity contribution in [2.45, 2.75) is 37.4 Å². The lowest BCUT2D eigenvalue weighted by Crippen LogP contribution is -2.05. The molecule has 2 nitrogen and oxygen atoms in total. The molecule has 0 aromatic carbocycles. The maximum atomic E-state index is 11.1. The molecule has 0 radical (unpaired) electrons. The molecule has 0 bridgehead atoms. The molecule has 0 aromatic rings. The van der Waals surface area contributed by atoms with Gasteiger partial charge in [0.15, 0.2) is 9.84 Å². The van der Waals surface area contributed by atoms with Crippen molar-refractivity contribution < 1.29 is 8.42 Å². The van der Waals surface area contributed by atoms with E-state index in [4.69, 9.17) is 0 Å². The second-order valence-electron chi connectivity index (χ2n) is 3.46. The van der Waals surface area contributed by atoms with Crippen LogP contribution in [0, 0.1) is 0 Å². The highest BCUT2D eigenvalue weighted by Gasteiger charge is 2.05. The lowest BCUT2D eigenvalue weighted by Gasteiger charge is -2.02. The largest absolute Gasteiger partial charge is 0.228 e. The molecule has 90 valence electrons. The SMILES string of the molecule is CCCCCC(Br)C=CCS(=O)(=O)CBr. The van der Waals surface area contributed by atoms with Crippen LogP contribution in [0.1, 0.15) is 32.6 Å². The molecule has 0 saturated carbocycles. The number of rotatable bonds is 8. The smallest absolute Gasteiger partial charge is 0.163 e. The van der Waals surface area contributed by atoms with Crippen molar-refractivity contribution in [1.29, 1.82) is 0 Å². The predicted octanol–water partition coefficient (Wildman–Crippen LogP) is 3.65. The van der Waals surface area contributed by atoms with Gasteiger partial charge in [0.2, 0.25) is 0 Å². The lowest BCUT2D eigenvalue weighted by atomic mass is 10.1. The van der Waals surface area contributed by atoms with E-state index in [1.165, 1.54) is 19.3 Å². The highest BCUT2D eigenvalue weighted by Crippen LogP contribution is 2.12. The monoisotopic (exact) mass is 360 g/mol. The van der Waals surface area contributed by atoms with Crippen molar-refractivity contribution >= 4 is 41.7 Å². The van der Waals surface area contributed by atoms with E-state index in [9.17, 15) is 8.42 Å². The summed E-state index contributed by atoms with van der Waals surface area (Å²) in [4.78, 5) is 0.301. The van der Waals surface area contributed by atoms with Crippen LogP contribution in [0.5, 0.6) is 0 Å². The van der Waals surface area contributed by atoms with E-state index in [1.807, 2.05) is 6.08 Å². The molecule has 0 heterocycles. The van der Waals surface area contributed by atoms with Gasteiger partial charge in [0, 0.05) is 4.83 Å². The lowest BCUT2D eigenvalue weighted by molar-refractivity contribution is 0.604. The van der Waals surface area contributed by atoms with Crippen molar-refractivity contribution in [3.05, 3.63) is 12.2 Å². The molecule has 0 aliphatic heterocycles. The van der Waals surface area contributed by atoms with E-state index in [1.54, 1.807) is 6.08 Å². The first-order valence-electron chi connectivity index (χ1n) is 5.09. The summed E-state index contributed by atoms with van der Waals surface area (Å²) < 4.78 is 22.3. The average Bonchev–Trinajstić information content (AvgIpc) is 2.18. The van der Waals surface area contributed by atoms with E-state index in [2.05, 4.69) is 38.8 Å². The molecule has 0 spiro atoms. The van der Waals surface area contributed by atoms with Gasteiger partial charge in [-0.3, -0.25) is 0 Å². The molecule has 0 fully saturated rings. The highest BCUT2D eigenvalue weighted by atomic mass is 79.9. The average molecular weight is 362 g/mol. The molecular formula is C10H18Br2O2S. The van der Waals surface area contributed by atoms with Crippen molar-refractivity contribution in [2.24, 2.45) is 0 Å². The Kier molecular flexibility index (Phi) is 9.14. The fourth-order valence-corrected chi connectivity index (χ4v) is 2.67. The Morgan fingerprint density at radius 3 is 2.53 bits per heavy atom. The Morgan fingerprint density at radius 2 is 2.00 bits per heavy atom. The molecule has 1 atom stereocenters. The molecule has 0 N–H and O–H groups in total. The maximum absolute atomic E-state index is 11.1. The van der Waals surface area contributed by atoms with Crippen LogP contribution in [0.25, 0.3) is 0 Å². The van der Waals surface area contributed by atoms with Gasteiger partial charge in [-0.2, -0.15) is 0 Å². The van der Waals surface area contributed by atoms with Crippen LogP contribution in [-0.4, -0.2) is 23.7 Å². The number of sulfone groups is 1. The fourth-order valence-electron chi connectivity index (χ4n) is 1.08. The predicted molar refractivity (Wildman–Crippen MR) is 73.6 cm³/mol. The van der Waals surface area contributed by atoms with Gasteiger partial charge in [-0.1, -0.05) is 70.2 Å². The quantitative estimate of drug-likeness (QED) is 0.375. The number of hydrogen-bond acceptors (Lipinski definition) is 2. The van der Waals surface area contributed by atoms with Crippen LogP contribution in [0.15, 0.2) is 12.2 Å². The van der Waals surface area contributed by atoms with Gasteiger partial charge in [-0.25, -0.2) is 8.42 Å². The van der Waals surface area contributed by atoms with Gasteiger partial charge in [0.1, 0.15) is 4.66 Å². The molecule has 0 amide bonds. The van der Waals surface area contributed by atoms with Crippen LogP contribution < -0.4 is 0 Å². The van der Waals surface area contributed by atoms with Gasteiger partial charge in [-0.05, 0) is 6.42 Å². The molecule has 0 aliphatic rings. The van der Waals surface area contributed by atoms with Crippen molar-refractivity contribution in [1.82, 2.24) is 0 Å². The third kappa shape index (κ3) is 9.57. The number of halogens is 2. The van der Waals surface area contributed by atoms with Gasteiger partial charge >= 0.3 is 0 Å². The normalized spacial score (nSPS) is 14.6. The molecule has 0 saturated heterocycles. The summed E-state index contributed by atoms with van der Waals surface area (Å²) in [7, 11) is -2.93. The summed E-state index contributed by atoms with van der Waals surface area (Å²) in [5, 5.41) is 0. The molecule has 1 unspecified atom stereocenters. The number of hydrogen-bond donors (Lipinski definition) is 0. The van der Waals surface area contributed by atoms with E-state index in [0.717, 1.165) is 6.42 Å². The number of unbranched alkanes of at least 4 members (excludes halogenated alkanes) is 2. The van der Waals surface area contributed by atoms with Gasteiger partial charge in [0.25, 0.3) is 0 Å². The molecular weight excluding hydrogens is 344 g/mol. The molecule has 0 aromatic heterocycles. The van der Waals surface area contributed by atoms with E-state index in [0.29, 0.717) is 4.83 Å². The summed E-state index contributed by atoms with van der Waals surface area (Å²) in [6, 6.07) is 0. The standard InChI is InChI=1S/C10H18Br2O2S/c1-2-3-4-6-10(12)7-5-8-15(13,14)9-11/h5,7,10H,2-4,6,8-9H2,1H3. The first-order valence-corrected chi connectivity index (χ1v) is 8.94. The summed E-state index contributed by atoms with van der Waals surface area (Å²) >= 11 is 6.46. The van der Waals surface area contributed by atoms with Crippen LogP contribution in [0.2, 0.25) is 0 Å². The van der Waals surface area contributed by atoms with Crippen LogP contribution in [0.3, 0.4) is 0 Å².